The number of hydrogen-bond donors (Lipinski definition) is 0. The van der Waals surface area contributed by atoms with Crippen molar-refractivity contribution in [2.24, 2.45) is 0 Å². The van der Waals surface area contributed by atoms with Gasteiger partial charge in [0, 0.05) is 0 Å². The van der Waals surface area contributed by atoms with Gasteiger partial charge in [-0.2, -0.15) is 0 Å². The summed E-state index contributed by atoms with van der Waals surface area (Å²) in [5.41, 5.74) is 0. The van der Waals surface area contributed by atoms with Crippen LogP contribution in [0.3, 0.4) is 0 Å². The molecule has 0 unspecified atom stereocenters. The lowest BCUT2D eigenvalue weighted by atomic mass is 10.2. The van der Waals surface area contributed by atoms with Gasteiger partial charge in [-0.3, -0.25) is 0 Å². The van der Waals surface area contributed by atoms with E-state index in [9.17, 15) is 0 Å². The molecule has 0 atom stereocenters. The lowest BCUT2D eigenvalue weighted by Crippen LogP contribution is -2.37. The number of hydrogen-bond acceptors (Lipinski definition) is 2. The van der Waals surface area contributed by atoms with E-state index in [1.807, 2.05) is 0 Å². The smallest absolute Gasteiger partial charge is 0.000654 e. The van der Waals surface area contributed by atoms with Crippen LogP contribution >= 0.6 is 0 Å². The topological polar surface area (TPSA) is 6.48 Å². The molecule has 0 amide bonds. The van der Waals surface area contributed by atoms with E-state index in [4.69, 9.17) is 0 Å². The van der Waals surface area contributed by atoms with Gasteiger partial charge in [-0.25, -0.2) is 0 Å². The Bertz CT molecular complexity index is 127. The molecule has 3 fully saturated rings. The first-order valence-electron chi connectivity index (χ1n) is 6.40. The molecule has 0 aromatic carbocycles. The minimum atomic E-state index is 1.34. The van der Waals surface area contributed by atoms with Crippen LogP contribution in [-0.2, 0) is 0 Å². The summed E-state index contributed by atoms with van der Waals surface area (Å²) >= 11 is 0. The van der Waals surface area contributed by atoms with Crippen LogP contribution < -0.4 is 0 Å². The van der Waals surface area contributed by atoms with Crippen molar-refractivity contribution in [3.8, 4) is 0 Å². The first-order valence-corrected chi connectivity index (χ1v) is 6.40. The monoisotopic (exact) mass is 196 g/mol. The summed E-state index contributed by atoms with van der Waals surface area (Å²) in [5, 5.41) is 0. The Balaban J connectivity index is 1.90. The molecular formula is C12H24N2. The number of nitrogens with zero attached hydrogens (tertiary/aromatic N) is 2. The summed E-state index contributed by atoms with van der Waals surface area (Å²) in [5.74, 6) is 0. The van der Waals surface area contributed by atoms with E-state index in [0.717, 1.165) is 0 Å². The highest BCUT2D eigenvalue weighted by Crippen LogP contribution is 2.11. The fourth-order valence-electron chi connectivity index (χ4n) is 2.73. The van der Waals surface area contributed by atoms with Gasteiger partial charge in [0.05, 0.1) is 0 Å². The zero-order valence-electron chi connectivity index (χ0n) is 9.38. The quantitative estimate of drug-likeness (QED) is 0.584. The van der Waals surface area contributed by atoms with Crippen LogP contribution in [-0.4, -0.2) is 49.1 Å². The highest BCUT2D eigenvalue weighted by atomic mass is 15.2. The van der Waals surface area contributed by atoms with Crippen molar-refractivity contribution < 1.29 is 0 Å². The minimum absolute atomic E-state index is 1.34. The van der Waals surface area contributed by atoms with E-state index in [-0.39, 0.29) is 0 Å². The molecule has 82 valence electrons. The van der Waals surface area contributed by atoms with Crippen LogP contribution in [0, 0.1) is 0 Å². The molecular weight excluding hydrogens is 172 g/mol. The van der Waals surface area contributed by atoms with Gasteiger partial charge in [-0.05, 0) is 65.0 Å². The molecule has 0 saturated carbocycles. The van der Waals surface area contributed by atoms with E-state index in [2.05, 4.69) is 9.80 Å². The maximum absolute atomic E-state index is 2.68. The summed E-state index contributed by atoms with van der Waals surface area (Å²) in [4.78, 5) is 5.37. The second kappa shape index (κ2) is 5.72. The normalized spacial score (nSPS) is 36.0. The third-order valence-electron chi connectivity index (χ3n) is 3.60. The number of rotatable bonds is 0. The Kier molecular flexibility index (Phi) is 4.26. The van der Waals surface area contributed by atoms with Gasteiger partial charge in [0.2, 0.25) is 0 Å². The van der Waals surface area contributed by atoms with Gasteiger partial charge in [0.1, 0.15) is 0 Å². The van der Waals surface area contributed by atoms with Gasteiger partial charge < -0.3 is 9.80 Å². The second-order valence-electron chi connectivity index (χ2n) is 4.80. The fourth-order valence-corrected chi connectivity index (χ4v) is 2.73. The third kappa shape index (κ3) is 3.25. The maximum atomic E-state index is 2.68. The van der Waals surface area contributed by atoms with Crippen LogP contribution in [0.5, 0.6) is 0 Å². The zero-order chi connectivity index (χ0) is 9.64. The molecule has 0 aliphatic carbocycles. The molecule has 2 bridgehead atoms. The van der Waals surface area contributed by atoms with E-state index in [1.165, 1.54) is 77.8 Å². The average molecular weight is 196 g/mol. The average Bonchev–Trinajstić information content (AvgIpc) is 2.22. The van der Waals surface area contributed by atoms with Crippen molar-refractivity contribution in [2.75, 3.05) is 39.3 Å². The standard InChI is InChI=1S/C12H24N2/c1-2-4-8-14-11-5-9-13(7-3-1)10-6-12-14/h1-12H2. The molecule has 3 saturated heterocycles. The molecule has 0 N–H and O–H groups in total. The highest BCUT2D eigenvalue weighted by Gasteiger charge is 2.13. The van der Waals surface area contributed by atoms with Crippen molar-refractivity contribution >= 4 is 0 Å². The Hall–Kier alpha value is -0.0800. The first-order chi connectivity index (χ1) is 6.95. The van der Waals surface area contributed by atoms with Crippen molar-refractivity contribution in [3.63, 3.8) is 0 Å². The van der Waals surface area contributed by atoms with E-state index >= 15 is 0 Å². The molecule has 3 aliphatic heterocycles. The number of fused-ring (bicyclic) bond motifs is 9. The van der Waals surface area contributed by atoms with Gasteiger partial charge in [0.25, 0.3) is 0 Å². The Labute approximate surface area is 88.3 Å². The van der Waals surface area contributed by atoms with Crippen molar-refractivity contribution in [2.45, 2.75) is 38.5 Å². The van der Waals surface area contributed by atoms with Crippen molar-refractivity contribution in [1.82, 2.24) is 9.80 Å². The Morgan fingerprint density at radius 2 is 0.714 bits per heavy atom. The summed E-state index contributed by atoms with van der Waals surface area (Å²) in [6, 6.07) is 0. The lowest BCUT2D eigenvalue weighted by Gasteiger charge is -2.29. The van der Waals surface area contributed by atoms with Crippen LogP contribution in [0.1, 0.15) is 38.5 Å². The van der Waals surface area contributed by atoms with Crippen LogP contribution in [0.4, 0.5) is 0 Å². The molecule has 0 spiro atoms. The van der Waals surface area contributed by atoms with E-state index < -0.39 is 0 Å². The fraction of sp³-hybridized carbons (Fsp3) is 1.00. The first kappa shape index (κ1) is 10.4. The van der Waals surface area contributed by atoms with E-state index in [1.54, 1.807) is 0 Å². The second-order valence-corrected chi connectivity index (χ2v) is 4.80. The van der Waals surface area contributed by atoms with Crippen molar-refractivity contribution in [1.29, 1.82) is 0 Å². The predicted molar refractivity (Wildman–Crippen MR) is 60.6 cm³/mol. The third-order valence-corrected chi connectivity index (χ3v) is 3.60. The Morgan fingerprint density at radius 3 is 1.14 bits per heavy atom. The molecule has 0 aromatic rings. The zero-order valence-corrected chi connectivity index (χ0v) is 9.38. The SMILES string of the molecule is C1CCCN2CCCN(CC1)CCC2. The minimum Gasteiger partial charge on any atom is -0.303 e. The van der Waals surface area contributed by atoms with Crippen LogP contribution in [0.2, 0.25) is 0 Å². The Morgan fingerprint density at radius 1 is 0.357 bits per heavy atom. The molecule has 2 nitrogen and oxygen atoms in total. The van der Waals surface area contributed by atoms with Crippen LogP contribution in [0.15, 0.2) is 0 Å². The summed E-state index contributed by atoms with van der Waals surface area (Å²) in [6.45, 7) is 8.10. The van der Waals surface area contributed by atoms with Gasteiger partial charge in [0.15, 0.2) is 0 Å². The highest BCUT2D eigenvalue weighted by molar-refractivity contribution is 4.69. The van der Waals surface area contributed by atoms with E-state index in [0.29, 0.717) is 0 Å². The summed E-state index contributed by atoms with van der Waals surface area (Å²) < 4.78 is 0. The predicted octanol–water partition coefficient (Wildman–Crippen LogP) is 1.96. The molecule has 3 rings (SSSR count). The summed E-state index contributed by atoms with van der Waals surface area (Å²) in [6.07, 6.45) is 8.54. The van der Waals surface area contributed by atoms with Gasteiger partial charge >= 0.3 is 0 Å². The summed E-state index contributed by atoms with van der Waals surface area (Å²) in [7, 11) is 0. The van der Waals surface area contributed by atoms with Gasteiger partial charge in [-0.15, -0.1) is 0 Å². The van der Waals surface area contributed by atoms with Crippen LogP contribution in [0.25, 0.3) is 0 Å². The molecule has 3 heterocycles. The molecule has 14 heavy (non-hydrogen) atoms. The molecule has 2 heteroatoms. The lowest BCUT2D eigenvalue weighted by molar-refractivity contribution is 0.185. The van der Waals surface area contributed by atoms with Crippen molar-refractivity contribution in [3.05, 3.63) is 0 Å². The van der Waals surface area contributed by atoms with Gasteiger partial charge in [-0.1, -0.05) is 12.8 Å². The largest absolute Gasteiger partial charge is 0.303 e. The molecule has 0 aromatic heterocycles. The maximum Gasteiger partial charge on any atom is -0.000654 e. The molecule has 3 aliphatic rings. The molecule has 0 radical (unpaired) electrons.